The number of nitrogens with zero attached hydrogens (tertiary/aromatic N) is 2. The Balaban J connectivity index is 1.94. The lowest BCUT2D eigenvalue weighted by molar-refractivity contribution is -0.139. The Morgan fingerprint density at radius 1 is 1.24 bits per heavy atom. The number of hydrogen-bond donors (Lipinski definition) is 2. The van der Waals surface area contributed by atoms with E-state index in [-0.39, 0.29) is 11.9 Å². The zero-order chi connectivity index (χ0) is 15.6. The quantitative estimate of drug-likeness (QED) is 0.822. The van der Waals surface area contributed by atoms with Gasteiger partial charge in [0.1, 0.15) is 6.04 Å². The maximum absolute atomic E-state index is 12.4. The summed E-state index contributed by atoms with van der Waals surface area (Å²) in [6.45, 7) is 5.34. The van der Waals surface area contributed by atoms with Gasteiger partial charge in [-0.15, -0.1) is 0 Å². The molecule has 2 amide bonds. The molecule has 2 heterocycles. The van der Waals surface area contributed by atoms with Crippen LogP contribution in [0, 0.1) is 5.92 Å². The maximum atomic E-state index is 12.4. The molecule has 6 heteroatoms. The van der Waals surface area contributed by atoms with Crippen LogP contribution in [0.4, 0.5) is 4.79 Å². The Labute approximate surface area is 126 Å². The molecule has 6 nitrogen and oxygen atoms in total. The summed E-state index contributed by atoms with van der Waals surface area (Å²) >= 11 is 0. The highest BCUT2D eigenvalue weighted by Crippen LogP contribution is 2.28. The Hall–Kier alpha value is -1.30. The van der Waals surface area contributed by atoms with Crippen molar-refractivity contribution in [3.63, 3.8) is 0 Å². The van der Waals surface area contributed by atoms with E-state index in [0.717, 1.165) is 12.8 Å². The van der Waals surface area contributed by atoms with Gasteiger partial charge in [0.2, 0.25) is 0 Å². The van der Waals surface area contributed by atoms with Crippen molar-refractivity contribution < 1.29 is 14.7 Å². The normalized spacial score (nSPS) is 27.5. The van der Waals surface area contributed by atoms with E-state index in [1.54, 1.807) is 4.90 Å². The molecule has 0 aromatic heterocycles. The van der Waals surface area contributed by atoms with E-state index in [4.69, 9.17) is 0 Å². The molecular formula is C15H27N3O3. The molecule has 2 N–H and O–H groups in total. The number of carbonyl (C=O) groups excluding carboxylic acids is 1. The van der Waals surface area contributed by atoms with Crippen molar-refractivity contribution in [1.29, 1.82) is 0 Å². The zero-order valence-electron chi connectivity index (χ0n) is 13.2. The first-order valence-corrected chi connectivity index (χ1v) is 7.88. The third-order valence-corrected chi connectivity index (χ3v) is 4.74. The largest absolute Gasteiger partial charge is 0.480 e. The van der Waals surface area contributed by atoms with Crippen LogP contribution in [0.2, 0.25) is 0 Å². The van der Waals surface area contributed by atoms with Crippen LogP contribution in [0.25, 0.3) is 0 Å². The number of carboxylic acid groups (broad SMARTS) is 1. The minimum Gasteiger partial charge on any atom is -0.480 e. The van der Waals surface area contributed by atoms with Gasteiger partial charge < -0.3 is 15.3 Å². The number of carboxylic acids is 1. The number of carbonyl (C=O) groups is 2. The predicted molar refractivity (Wildman–Crippen MR) is 80.2 cm³/mol. The molecule has 0 saturated carbocycles. The van der Waals surface area contributed by atoms with Gasteiger partial charge in [-0.05, 0) is 38.6 Å². The number of hydrogen-bond acceptors (Lipinski definition) is 3. The molecule has 21 heavy (non-hydrogen) atoms. The molecule has 0 radical (unpaired) electrons. The molecule has 2 bridgehead atoms. The number of nitrogens with one attached hydrogen (secondary N) is 1. The van der Waals surface area contributed by atoms with Crippen LogP contribution < -0.4 is 5.32 Å². The smallest absolute Gasteiger partial charge is 0.326 e. The van der Waals surface area contributed by atoms with Crippen molar-refractivity contribution in [3.05, 3.63) is 0 Å². The summed E-state index contributed by atoms with van der Waals surface area (Å²) in [6, 6.07) is -0.0463. The highest BCUT2D eigenvalue weighted by atomic mass is 16.4. The first-order valence-electron chi connectivity index (χ1n) is 7.88. The van der Waals surface area contributed by atoms with Crippen molar-refractivity contribution >= 4 is 12.0 Å². The molecule has 120 valence electrons. The van der Waals surface area contributed by atoms with E-state index in [1.165, 1.54) is 6.42 Å². The van der Waals surface area contributed by atoms with Crippen LogP contribution in [-0.2, 0) is 4.79 Å². The van der Waals surface area contributed by atoms with Gasteiger partial charge in [0.15, 0.2) is 0 Å². The summed E-state index contributed by atoms with van der Waals surface area (Å²) in [6.07, 6.45) is 3.77. The van der Waals surface area contributed by atoms with Crippen molar-refractivity contribution in [2.75, 3.05) is 20.1 Å². The van der Waals surface area contributed by atoms with Crippen LogP contribution in [0.15, 0.2) is 0 Å². The fourth-order valence-corrected chi connectivity index (χ4v) is 3.43. The van der Waals surface area contributed by atoms with E-state index in [2.05, 4.69) is 17.3 Å². The fraction of sp³-hybridized carbons (Fsp3) is 0.867. The molecule has 3 unspecified atom stereocenters. The average Bonchev–Trinajstić information content (AvgIpc) is 2.61. The summed E-state index contributed by atoms with van der Waals surface area (Å²) in [7, 11) is 2.13. The second-order valence-electron chi connectivity index (χ2n) is 6.76. The van der Waals surface area contributed by atoms with Crippen LogP contribution in [0.5, 0.6) is 0 Å². The monoisotopic (exact) mass is 297 g/mol. The molecule has 2 fully saturated rings. The molecule has 0 aliphatic carbocycles. The molecule has 2 aliphatic heterocycles. The number of fused-ring (bicyclic) bond motifs is 2. The van der Waals surface area contributed by atoms with Gasteiger partial charge in [0.05, 0.1) is 0 Å². The van der Waals surface area contributed by atoms with Crippen molar-refractivity contribution in [3.8, 4) is 0 Å². The molecule has 2 aliphatic rings. The number of likely N-dealkylation sites (N-methyl/N-ethyl adjacent to an activating group) is 1. The van der Waals surface area contributed by atoms with Gasteiger partial charge in [-0.2, -0.15) is 0 Å². The second-order valence-corrected chi connectivity index (χ2v) is 6.76. The van der Waals surface area contributed by atoms with Crippen molar-refractivity contribution in [2.45, 2.75) is 57.7 Å². The molecule has 0 spiro atoms. The zero-order valence-corrected chi connectivity index (χ0v) is 13.2. The van der Waals surface area contributed by atoms with Gasteiger partial charge in [-0.25, -0.2) is 9.59 Å². The SMILES string of the molecule is CC(C)CC(NC(=O)N1CCC2CCC(C1)N2C)C(=O)O. The van der Waals surface area contributed by atoms with E-state index >= 15 is 0 Å². The third-order valence-electron chi connectivity index (χ3n) is 4.74. The number of likely N-dealkylation sites (tertiary alicyclic amines) is 1. The van der Waals surface area contributed by atoms with Crippen LogP contribution in [0.1, 0.15) is 39.5 Å². The summed E-state index contributed by atoms with van der Waals surface area (Å²) in [5.74, 6) is -0.719. The lowest BCUT2D eigenvalue weighted by Crippen LogP contribution is -2.50. The second kappa shape index (κ2) is 6.64. The average molecular weight is 297 g/mol. The van der Waals surface area contributed by atoms with Gasteiger partial charge in [-0.1, -0.05) is 13.8 Å². The molecule has 2 rings (SSSR count). The molecule has 3 atom stereocenters. The Morgan fingerprint density at radius 2 is 1.90 bits per heavy atom. The summed E-state index contributed by atoms with van der Waals surface area (Å²) in [5.41, 5.74) is 0. The maximum Gasteiger partial charge on any atom is 0.326 e. The Morgan fingerprint density at radius 3 is 2.52 bits per heavy atom. The van der Waals surface area contributed by atoms with Crippen molar-refractivity contribution in [1.82, 2.24) is 15.1 Å². The third kappa shape index (κ3) is 3.87. The molecule has 2 saturated heterocycles. The molecule has 0 aromatic rings. The highest BCUT2D eigenvalue weighted by Gasteiger charge is 2.36. The minimum atomic E-state index is -0.953. The van der Waals surface area contributed by atoms with Gasteiger partial charge in [0.25, 0.3) is 0 Å². The molecule has 0 aromatic carbocycles. The standard InChI is InChI=1S/C15H27N3O3/c1-10(2)8-13(14(19)20)16-15(21)18-7-6-11-4-5-12(9-18)17(11)3/h10-13H,4-9H2,1-3H3,(H,16,21)(H,19,20). The van der Waals surface area contributed by atoms with E-state index in [1.807, 2.05) is 13.8 Å². The van der Waals surface area contributed by atoms with Crippen LogP contribution in [0.3, 0.4) is 0 Å². The van der Waals surface area contributed by atoms with E-state index < -0.39 is 12.0 Å². The van der Waals surface area contributed by atoms with Crippen LogP contribution in [-0.4, -0.2) is 65.2 Å². The highest BCUT2D eigenvalue weighted by molar-refractivity contribution is 5.82. The Kier molecular flexibility index (Phi) is 5.08. The van der Waals surface area contributed by atoms with E-state index in [9.17, 15) is 14.7 Å². The van der Waals surface area contributed by atoms with Crippen LogP contribution >= 0.6 is 0 Å². The lowest BCUT2D eigenvalue weighted by Gasteiger charge is -2.27. The summed E-state index contributed by atoms with van der Waals surface area (Å²) in [5, 5.41) is 11.9. The topological polar surface area (TPSA) is 72.9 Å². The number of aliphatic carboxylic acids is 1. The first kappa shape index (κ1) is 16.1. The molecular weight excluding hydrogens is 270 g/mol. The predicted octanol–water partition coefficient (Wildman–Crippen LogP) is 1.36. The van der Waals surface area contributed by atoms with E-state index in [0.29, 0.717) is 31.6 Å². The fourth-order valence-electron chi connectivity index (χ4n) is 3.43. The minimum absolute atomic E-state index is 0.232. The summed E-state index contributed by atoms with van der Waals surface area (Å²) < 4.78 is 0. The number of urea groups is 1. The lowest BCUT2D eigenvalue weighted by atomic mass is 10.0. The summed E-state index contributed by atoms with van der Waals surface area (Å²) in [4.78, 5) is 27.8. The van der Waals surface area contributed by atoms with Gasteiger partial charge in [-0.3, -0.25) is 4.90 Å². The first-order chi connectivity index (χ1) is 9.88. The number of amides is 2. The van der Waals surface area contributed by atoms with Gasteiger partial charge >= 0.3 is 12.0 Å². The number of rotatable bonds is 4. The van der Waals surface area contributed by atoms with Crippen molar-refractivity contribution in [2.24, 2.45) is 5.92 Å². The Bertz CT molecular complexity index is 400. The van der Waals surface area contributed by atoms with Gasteiger partial charge in [0, 0.05) is 25.2 Å².